The fourth-order valence-electron chi connectivity index (χ4n) is 1.57. The molecule has 94 valence electrons. The Morgan fingerprint density at radius 3 is 2.71 bits per heavy atom. The maximum atomic E-state index is 11.6. The lowest BCUT2D eigenvalue weighted by molar-refractivity contribution is 0.417. The van der Waals surface area contributed by atoms with E-state index in [1.165, 1.54) is 0 Å². The van der Waals surface area contributed by atoms with Crippen molar-refractivity contribution in [3.8, 4) is 5.75 Å². The van der Waals surface area contributed by atoms with Crippen molar-refractivity contribution in [1.29, 1.82) is 0 Å². The first-order chi connectivity index (χ1) is 8.03. The molecule has 1 aliphatic carbocycles. The summed E-state index contributed by atoms with van der Waals surface area (Å²) in [5.41, 5.74) is 7.08. The van der Waals surface area contributed by atoms with Gasteiger partial charge in [0, 0.05) is 6.54 Å². The largest absolute Gasteiger partial charge is 0.495 e. The standard InChI is InChI=1S/C11H16N2O3S/c1-16-11-5-2-8(6-10(11)12)7-13-17(14,15)9-3-4-9/h2,5-6,9,13H,3-4,7,12H2,1H3. The number of benzene rings is 1. The molecule has 3 N–H and O–H groups in total. The molecule has 1 aromatic rings. The molecule has 0 aromatic heterocycles. The van der Waals surface area contributed by atoms with Crippen LogP contribution in [0.3, 0.4) is 0 Å². The van der Waals surface area contributed by atoms with Crippen molar-refractivity contribution >= 4 is 15.7 Å². The second-order valence-electron chi connectivity index (χ2n) is 4.14. The Balaban J connectivity index is 2.02. The van der Waals surface area contributed by atoms with Crippen molar-refractivity contribution < 1.29 is 13.2 Å². The Morgan fingerprint density at radius 2 is 2.18 bits per heavy atom. The van der Waals surface area contributed by atoms with Crippen molar-refractivity contribution in [3.05, 3.63) is 23.8 Å². The van der Waals surface area contributed by atoms with Gasteiger partial charge in [0.15, 0.2) is 0 Å². The minimum Gasteiger partial charge on any atom is -0.495 e. The van der Waals surface area contributed by atoms with Gasteiger partial charge in [-0.1, -0.05) is 6.07 Å². The van der Waals surface area contributed by atoms with E-state index in [9.17, 15) is 8.42 Å². The van der Waals surface area contributed by atoms with Gasteiger partial charge in [0.25, 0.3) is 0 Å². The lowest BCUT2D eigenvalue weighted by Gasteiger charge is -2.08. The van der Waals surface area contributed by atoms with Crippen LogP contribution in [0.5, 0.6) is 5.75 Å². The second-order valence-corrected chi connectivity index (χ2v) is 6.19. The zero-order valence-electron chi connectivity index (χ0n) is 9.64. The Bertz CT molecular complexity index is 509. The van der Waals surface area contributed by atoms with Crippen LogP contribution in [-0.2, 0) is 16.6 Å². The predicted octanol–water partition coefficient (Wildman–Crippen LogP) is 0.859. The molecule has 1 fully saturated rings. The monoisotopic (exact) mass is 256 g/mol. The third-order valence-corrected chi connectivity index (χ3v) is 4.63. The highest BCUT2D eigenvalue weighted by Gasteiger charge is 2.35. The molecule has 0 heterocycles. The first-order valence-corrected chi connectivity index (χ1v) is 6.98. The first-order valence-electron chi connectivity index (χ1n) is 5.44. The third kappa shape index (κ3) is 2.89. The van der Waals surface area contributed by atoms with Gasteiger partial charge in [-0.2, -0.15) is 0 Å². The molecule has 5 nitrogen and oxygen atoms in total. The van der Waals surface area contributed by atoms with Gasteiger partial charge < -0.3 is 10.5 Å². The third-order valence-electron chi connectivity index (χ3n) is 2.73. The van der Waals surface area contributed by atoms with Gasteiger partial charge in [-0.15, -0.1) is 0 Å². The molecule has 17 heavy (non-hydrogen) atoms. The smallest absolute Gasteiger partial charge is 0.214 e. The Labute approximate surface area is 101 Å². The molecule has 0 aliphatic heterocycles. The van der Waals surface area contributed by atoms with Crippen LogP contribution in [-0.4, -0.2) is 20.8 Å². The molecule has 1 aromatic carbocycles. The summed E-state index contributed by atoms with van der Waals surface area (Å²) in [4.78, 5) is 0. The number of hydrogen-bond donors (Lipinski definition) is 2. The van der Waals surface area contributed by atoms with Crippen LogP contribution in [0.1, 0.15) is 18.4 Å². The van der Waals surface area contributed by atoms with Gasteiger partial charge in [0.05, 0.1) is 18.0 Å². The zero-order chi connectivity index (χ0) is 12.5. The van der Waals surface area contributed by atoms with Crippen molar-refractivity contribution in [2.75, 3.05) is 12.8 Å². The number of ether oxygens (including phenoxy) is 1. The molecule has 1 saturated carbocycles. The van der Waals surface area contributed by atoms with Gasteiger partial charge in [-0.05, 0) is 30.5 Å². The summed E-state index contributed by atoms with van der Waals surface area (Å²) in [6.45, 7) is 0.271. The fraction of sp³-hybridized carbons (Fsp3) is 0.455. The second kappa shape index (κ2) is 4.54. The van der Waals surface area contributed by atoms with Crippen LogP contribution in [0.4, 0.5) is 5.69 Å². The molecule has 0 bridgehead atoms. The quantitative estimate of drug-likeness (QED) is 0.766. The summed E-state index contributed by atoms with van der Waals surface area (Å²) >= 11 is 0. The Kier molecular flexibility index (Phi) is 3.26. The minimum atomic E-state index is -3.14. The van der Waals surface area contributed by atoms with Gasteiger partial charge in [0.2, 0.25) is 10.0 Å². The van der Waals surface area contributed by atoms with E-state index in [-0.39, 0.29) is 11.8 Å². The number of rotatable bonds is 5. The Morgan fingerprint density at radius 1 is 1.47 bits per heavy atom. The van der Waals surface area contributed by atoms with Crippen LogP contribution in [0.2, 0.25) is 0 Å². The molecule has 2 rings (SSSR count). The number of methoxy groups -OCH3 is 1. The van der Waals surface area contributed by atoms with Crippen LogP contribution in [0.15, 0.2) is 18.2 Å². The summed E-state index contributed by atoms with van der Waals surface area (Å²) in [5, 5.41) is -0.196. The van der Waals surface area contributed by atoms with Crippen molar-refractivity contribution in [2.24, 2.45) is 0 Å². The average molecular weight is 256 g/mol. The van der Waals surface area contributed by atoms with Crippen LogP contribution in [0.25, 0.3) is 0 Å². The van der Waals surface area contributed by atoms with Gasteiger partial charge >= 0.3 is 0 Å². The lowest BCUT2D eigenvalue weighted by Crippen LogP contribution is -2.26. The number of nitrogen functional groups attached to an aromatic ring is 1. The average Bonchev–Trinajstić information content (AvgIpc) is 3.11. The predicted molar refractivity (Wildman–Crippen MR) is 66.2 cm³/mol. The number of hydrogen-bond acceptors (Lipinski definition) is 4. The van der Waals surface area contributed by atoms with Crippen molar-refractivity contribution in [1.82, 2.24) is 4.72 Å². The minimum absolute atomic E-state index is 0.196. The molecule has 0 unspecified atom stereocenters. The maximum absolute atomic E-state index is 11.6. The summed E-state index contributed by atoms with van der Waals surface area (Å²) in [7, 11) is -1.59. The number of nitrogens with one attached hydrogen (secondary N) is 1. The van der Waals surface area contributed by atoms with E-state index in [0.29, 0.717) is 11.4 Å². The van der Waals surface area contributed by atoms with E-state index in [2.05, 4.69) is 4.72 Å². The number of sulfonamides is 1. The normalized spacial score (nSPS) is 15.8. The van der Waals surface area contributed by atoms with Crippen molar-refractivity contribution in [3.63, 3.8) is 0 Å². The van der Waals surface area contributed by atoms with Gasteiger partial charge in [-0.3, -0.25) is 0 Å². The van der Waals surface area contributed by atoms with Crippen molar-refractivity contribution in [2.45, 2.75) is 24.6 Å². The lowest BCUT2D eigenvalue weighted by atomic mass is 10.2. The topological polar surface area (TPSA) is 81.4 Å². The van der Waals surface area contributed by atoms with Crippen LogP contribution < -0.4 is 15.2 Å². The molecule has 0 spiro atoms. The maximum Gasteiger partial charge on any atom is 0.214 e. The highest BCUT2D eigenvalue weighted by molar-refractivity contribution is 7.90. The van der Waals surface area contributed by atoms with E-state index in [0.717, 1.165) is 18.4 Å². The van der Waals surface area contributed by atoms with E-state index in [1.807, 2.05) is 0 Å². The molecule has 1 aliphatic rings. The summed E-state index contributed by atoms with van der Waals surface area (Å²) < 4.78 is 30.8. The number of anilines is 1. The summed E-state index contributed by atoms with van der Waals surface area (Å²) in [6.07, 6.45) is 1.53. The van der Waals surface area contributed by atoms with Crippen LogP contribution in [0, 0.1) is 0 Å². The fourth-order valence-corrected chi connectivity index (χ4v) is 2.93. The molecule has 6 heteroatoms. The van der Waals surface area contributed by atoms with E-state index < -0.39 is 10.0 Å². The molecule has 0 atom stereocenters. The molecular weight excluding hydrogens is 240 g/mol. The number of nitrogens with two attached hydrogens (primary N) is 1. The highest BCUT2D eigenvalue weighted by Crippen LogP contribution is 2.28. The molecule has 0 amide bonds. The van der Waals surface area contributed by atoms with E-state index in [4.69, 9.17) is 10.5 Å². The van der Waals surface area contributed by atoms with Gasteiger partial charge in [0.1, 0.15) is 5.75 Å². The molecule has 0 saturated heterocycles. The molecular formula is C11H16N2O3S. The van der Waals surface area contributed by atoms with E-state index in [1.54, 1.807) is 25.3 Å². The summed E-state index contributed by atoms with van der Waals surface area (Å²) in [6, 6.07) is 5.24. The molecule has 0 radical (unpaired) electrons. The SMILES string of the molecule is COc1ccc(CNS(=O)(=O)C2CC2)cc1N. The van der Waals surface area contributed by atoms with Gasteiger partial charge in [-0.25, -0.2) is 13.1 Å². The highest BCUT2D eigenvalue weighted by atomic mass is 32.2. The zero-order valence-corrected chi connectivity index (χ0v) is 10.5. The summed E-state index contributed by atoms with van der Waals surface area (Å²) in [5.74, 6) is 0.596. The Hall–Kier alpha value is -1.27. The van der Waals surface area contributed by atoms with Crippen LogP contribution >= 0.6 is 0 Å². The van der Waals surface area contributed by atoms with E-state index >= 15 is 0 Å². The first kappa shape index (κ1) is 12.2.